The highest BCUT2D eigenvalue weighted by atomic mass is 32.2. The van der Waals surface area contributed by atoms with E-state index in [2.05, 4.69) is 4.18 Å². The Labute approximate surface area is 221 Å². The van der Waals surface area contributed by atoms with Crippen LogP contribution >= 0.6 is 0 Å². The molecule has 8 nitrogen and oxygen atoms in total. The number of hydrogen-bond acceptors (Lipinski definition) is 7. The number of alkyl halides is 3. The Hall–Kier alpha value is -2.34. The van der Waals surface area contributed by atoms with Gasteiger partial charge >= 0.3 is 21.6 Å². The number of halogens is 3. The van der Waals surface area contributed by atoms with Crippen LogP contribution in [0.2, 0.25) is 0 Å². The number of nitrogens with zero attached hydrogens (tertiary/aromatic N) is 1. The average molecular weight is 564 g/mol. The molecule has 1 amide bonds. The van der Waals surface area contributed by atoms with E-state index in [1.165, 1.54) is 25.7 Å². The lowest BCUT2D eigenvalue weighted by Gasteiger charge is -2.37. The maximum atomic E-state index is 13.3. The quantitative estimate of drug-likeness (QED) is 0.309. The van der Waals surface area contributed by atoms with Crippen molar-refractivity contribution < 1.29 is 45.2 Å². The van der Waals surface area contributed by atoms with Gasteiger partial charge in [0, 0.05) is 25.6 Å². The van der Waals surface area contributed by atoms with Crippen LogP contribution in [0.25, 0.3) is 0 Å². The molecule has 0 unspecified atom stereocenters. The van der Waals surface area contributed by atoms with Gasteiger partial charge in [0.25, 0.3) is 0 Å². The van der Waals surface area contributed by atoms with Crippen molar-refractivity contribution in [1.29, 1.82) is 0 Å². The van der Waals surface area contributed by atoms with Crippen molar-refractivity contribution in [3.05, 3.63) is 27.8 Å². The van der Waals surface area contributed by atoms with E-state index in [9.17, 15) is 36.3 Å². The number of carbonyl (C=O) groups excluding carboxylic acids is 2. The van der Waals surface area contributed by atoms with Crippen molar-refractivity contribution in [2.45, 2.75) is 91.5 Å². The lowest BCUT2D eigenvalue weighted by Crippen LogP contribution is -2.38. The number of benzene rings is 1. The summed E-state index contributed by atoms with van der Waals surface area (Å²) in [7, 11) is -6.13. The van der Waals surface area contributed by atoms with Crippen LogP contribution in [0.3, 0.4) is 0 Å². The molecule has 2 aliphatic rings. The number of aliphatic hydroxyl groups excluding tert-OH is 1. The Bertz CT molecular complexity index is 1200. The van der Waals surface area contributed by atoms with Gasteiger partial charge in [-0.15, -0.1) is 0 Å². The van der Waals surface area contributed by atoms with Crippen molar-refractivity contribution in [3.8, 4) is 5.75 Å². The molecule has 214 valence electrons. The first kappa shape index (κ1) is 30.2. The summed E-state index contributed by atoms with van der Waals surface area (Å²) in [5, 5.41) is 11.1. The third-order valence-corrected chi connectivity index (χ3v) is 8.84. The first-order chi connectivity index (χ1) is 17.5. The lowest BCUT2D eigenvalue weighted by atomic mass is 9.75. The second-order valence-electron chi connectivity index (χ2n) is 10.8. The molecule has 0 radical (unpaired) electrons. The number of aliphatic hydroxyl groups is 1. The number of fused-ring (bicyclic) bond motifs is 1. The number of esters is 1. The van der Waals surface area contributed by atoms with Gasteiger partial charge in [-0.3, -0.25) is 4.79 Å². The smallest absolute Gasteiger partial charge is 0.460 e. The number of ether oxygens (including phenoxy) is 1. The molecule has 12 heteroatoms. The second kappa shape index (κ2) is 11.0. The number of rotatable bonds is 6. The van der Waals surface area contributed by atoms with Crippen molar-refractivity contribution in [3.63, 3.8) is 0 Å². The maximum Gasteiger partial charge on any atom is 0.534 e. The summed E-state index contributed by atoms with van der Waals surface area (Å²) in [6, 6.07) is 0. The lowest BCUT2D eigenvalue weighted by molar-refractivity contribution is -0.166. The molecule has 0 spiro atoms. The van der Waals surface area contributed by atoms with E-state index in [1.54, 1.807) is 0 Å². The van der Waals surface area contributed by atoms with Gasteiger partial charge in [-0.1, -0.05) is 27.2 Å². The van der Waals surface area contributed by atoms with Crippen LogP contribution in [0.1, 0.15) is 80.9 Å². The normalized spacial score (nSPS) is 23.1. The van der Waals surface area contributed by atoms with Crippen LogP contribution in [-0.4, -0.2) is 48.5 Å². The van der Waals surface area contributed by atoms with E-state index in [1.807, 2.05) is 20.8 Å². The number of hydrogen-bond donors (Lipinski definition) is 1. The van der Waals surface area contributed by atoms with Gasteiger partial charge in [-0.25, -0.2) is 4.79 Å². The zero-order chi connectivity index (χ0) is 28.7. The molecule has 1 aliphatic heterocycles. The molecule has 38 heavy (non-hydrogen) atoms. The fourth-order valence-electron chi connectivity index (χ4n) is 5.64. The predicted molar refractivity (Wildman–Crippen MR) is 132 cm³/mol. The van der Waals surface area contributed by atoms with Crippen LogP contribution < -0.4 is 4.18 Å². The molecule has 1 aromatic rings. The highest BCUT2D eigenvalue weighted by Gasteiger charge is 2.50. The van der Waals surface area contributed by atoms with Crippen LogP contribution in [0.5, 0.6) is 5.75 Å². The minimum absolute atomic E-state index is 0.00225. The molecule has 0 saturated heterocycles. The Morgan fingerprint density at radius 3 is 2.29 bits per heavy atom. The van der Waals surface area contributed by atoms with Crippen molar-refractivity contribution in [2.75, 3.05) is 6.54 Å². The van der Waals surface area contributed by atoms with E-state index in [-0.39, 0.29) is 46.9 Å². The zero-order valence-corrected chi connectivity index (χ0v) is 23.3. The first-order valence-electron chi connectivity index (χ1n) is 12.8. The number of amides is 1. The van der Waals surface area contributed by atoms with E-state index in [0.29, 0.717) is 30.5 Å². The maximum absolute atomic E-state index is 13.3. The Kier molecular flexibility index (Phi) is 8.77. The van der Waals surface area contributed by atoms with E-state index >= 15 is 0 Å². The molecule has 1 saturated carbocycles. The fraction of sp³-hybridized carbons (Fsp3) is 0.692. The molecule has 1 fully saturated rings. The minimum atomic E-state index is -6.13. The SMILES string of the molecule is CC(=O)N1CCc2c(C)c([C@H](O)C(=O)O[C@@H]3C[C@H](C)CC[C@H]3C(C)C)c(OS(=O)(=O)C(F)(F)F)c(C)c2C1. The van der Waals surface area contributed by atoms with E-state index in [4.69, 9.17) is 4.74 Å². The molecule has 0 bridgehead atoms. The Morgan fingerprint density at radius 1 is 1.11 bits per heavy atom. The van der Waals surface area contributed by atoms with E-state index in [0.717, 1.165) is 12.8 Å². The Morgan fingerprint density at radius 2 is 1.74 bits per heavy atom. The summed E-state index contributed by atoms with van der Waals surface area (Å²) in [4.78, 5) is 26.6. The van der Waals surface area contributed by atoms with Crippen molar-refractivity contribution >= 4 is 22.0 Å². The highest BCUT2D eigenvalue weighted by Crippen LogP contribution is 2.43. The summed E-state index contributed by atoms with van der Waals surface area (Å²) >= 11 is 0. The van der Waals surface area contributed by atoms with Crippen LogP contribution in [0.15, 0.2) is 0 Å². The summed E-state index contributed by atoms with van der Waals surface area (Å²) in [6.07, 6.45) is 0.108. The largest absolute Gasteiger partial charge is 0.534 e. The fourth-order valence-corrected chi connectivity index (χ4v) is 6.17. The zero-order valence-electron chi connectivity index (χ0n) is 22.5. The molecular weight excluding hydrogens is 527 g/mol. The summed E-state index contributed by atoms with van der Waals surface area (Å²) in [6.45, 7) is 10.6. The molecule has 3 rings (SSSR count). The molecule has 4 atom stereocenters. The van der Waals surface area contributed by atoms with Gasteiger partial charge in [-0.05, 0) is 73.1 Å². The molecule has 1 heterocycles. The average Bonchev–Trinajstić information content (AvgIpc) is 2.80. The predicted octanol–water partition coefficient (Wildman–Crippen LogP) is 4.47. The monoisotopic (exact) mass is 563 g/mol. The molecule has 1 aromatic carbocycles. The summed E-state index contributed by atoms with van der Waals surface area (Å²) in [5.41, 5.74) is -4.85. The van der Waals surface area contributed by atoms with Gasteiger partial charge in [0.1, 0.15) is 6.10 Å². The molecular formula is C26H36F3NO7S. The Balaban J connectivity index is 2.09. The minimum Gasteiger partial charge on any atom is -0.460 e. The standard InChI is InChI=1S/C26H36F3NO7S/c1-13(2)18-8-7-14(3)11-21(18)36-25(33)23(32)22-15(4)19-9-10-30(17(6)31)12-20(19)16(5)24(22)37-38(34,35)26(27,28)29/h13-14,18,21,23,32H,7-12H2,1-6H3/t14-,18+,21-,23+/m1/s1. The molecule has 1 N–H and O–H groups in total. The van der Waals surface area contributed by atoms with Crippen LogP contribution in [-0.2, 0) is 37.4 Å². The van der Waals surface area contributed by atoms with Gasteiger partial charge in [0.05, 0.1) is 0 Å². The summed E-state index contributed by atoms with van der Waals surface area (Å²) < 4.78 is 74.3. The topological polar surface area (TPSA) is 110 Å². The third kappa shape index (κ3) is 5.95. The van der Waals surface area contributed by atoms with E-state index < -0.39 is 39.6 Å². The van der Waals surface area contributed by atoms with Gasteiger partial charge < -0.3 is 18.9 Å². The number of carbonyl (C=O) groups is 2. The molecule has 0 aromatic heterocycles. The van der Waals surface area contributed by atoms with Crippen LogP contribution in [0, 0.1) is 31.6 Å². The molecule has 1 aliphatic carbocycles. The highest BCUT2D eigenvalue weighted by molar-refractivity contribution is 7.88. The summed E-state index contributed by atoms with van der Waals surface area (Å²) in [5.74, 6) is -1.57. The third-order valence-electron chi connectivity index (χ3n) is 7.89. The van der Waals surface area contributed by atoms with Crippen molar-refractivity contribution in [1.82, 2.24) is 4.90 Å². The van der Waals surface area contributed by atoms with Gasteiger partial charge in [0.15, 0.2) is 11.9 Å². The van der Waals surface area contributed by atoms with Gasteiger partial charge in [0.2, 0.25) is 5.91 Å². The van der Waals surface area contributed by atoms with Gasteiger partial charge in [-0.2, -0.15) is 21.6 Å². The first-order valence-corrected chi connectivity index (χ1v) is 14.2. The van der Waals surface area contributed by atoms with Crippen LogP contribution in [0.4, 0.5) is 13.2 Å². The van der Waals surface area contributed by atoms with Crippen molar-refractivity contribution in [2.24, 2.45) is 17.8 Å². The second-order valence-corrected chi connectivity index (χ2v) is 12.4.